The van der Waals surface area contributed by atoms with Crippen molar-refractivity contribution in [2.75, 3.05) is 0 Å². The Hall–Kier alpha value is -5.47. The van der Waals surface area contributed by atoms with Crippen LogP contribution in [0.4, 0.5) is 0 Å². The van der Waals surface area contributed by atoms with Crippen molar-refractivity contribution in [3.63, 3.8) is 0 Å². The first-order valence-electron chi connectivity index (χ1n) is 14.2. The van der Waals surface area contributed by atoms with Gasteiger partial charge in [-0.25, -0.2) is 0 Å². The van der Waals surface area contributed by atoms with Gasteiger partial charge in [0.1, 0.15) is 11.2 Å². The zero-order valence-electron chi connectivity index (χ0n) is 23.4. The van der Waals surface area contributed by atoms with Crippen molar-refractivity contribution < 1.29 is 4.42 Å². The molecule has 0 amide bonds. The van der Waals surface area contributed by atoms with Gasteiger partial charge in [0, 0.05) is 22.4 Å². The molecule has 0 fully saturated rings. The Balaban J connectivity index is 1.43. The second-order valence-corrected chi connectivity index (χ2v) is 10.4. The van der Waals surface area contributed by atoms with Gasteiger partial charge in [-0.05, 0) is 87.5 Å². The maximum absolute atomic E-state index is 6.63. The summed E-state index contributed by atoms with van der Waals surface area (Å²) in [6.07, 6.45) is 9.84. The molecule has 0 saturated carbocycles. The van der Waals surface area contributed by atoms with Gasteiger partial charge in [0.2, 0.25) is 0 Å². The van der Waals surface area contributed by atoms with Crippen LogP contribution in [0.2, 0.25) is 0 Å². The molecule has 42 heavy (non-hydrogen) atoms. The number of allylic oxidation sites excluding steroid dienone is 5. The Labute approximate surface area is 245 Å². The van der Waals surface area contributed by atoms with Crippen molar-refractivity contribution in [1.29, 1.82) is 0 Å². The molecular weight excluding hydrogens is 510 g/mol. The summed E-state index contributed by atoms with van der Waals surface area (Å²) < 4.78 is 6.63. The van der Waals surface area contributed by atoms with Crippen molar-refractivity contribution in [1.82, 2.24) is 0 Å². The average Bonchev–Trinajstić information content (AvgIpc) is 3.45. The summed E-state index contributed by atoms with van der Waals surface area (Å²) in [5.41, 5.74) is 8.76. The fraction of sp³-hybridized carbons (Fsp3) is 0.0250. The van der Waals surface area contributed by atoms with Crippen LogP contribution in [0.25, 0.3) is 71.3 Å². The maximum atomic E-state index is 6.63. The van der Waals surface area contributed by atoms with Gasteiger partial charge in [0.05, 0.1) is 0 Å². The van der Waals surface area contributed by atoms with Crippen molar-refractivity contribution in [2.45, 2.75) is 6.92 Å². The van der Waals surface area contributed by atoms with Crippen LogP contribution in [0.3, 0.4) is 0 Å². The highest BCUT2D eigenvalue weighted by Crippen LogP contribution is 2.44. The third-order valence-corrected chi connectivity index (χ3v) is 7.89. The SMILES string of the molecule is C=N\C=C/C=C(\C=C\C)c1cccc(-c2cccc(-c3cccc4oc5c6ccccc6c6ccccc6c5c34)c2)c1. The van der Waals surface area contributed by atoms with Crippen LogP contribution < -0.4 is 0 Å². The van der Waals surface area contributed by atoms with Gasteiger partial charge in [-0.15, -0.1) is 0 Å². The average molecular weight is 540 g/mol. The topological polar surface area (TPSA) is 25.5 Å². The van der Waals surface area contributed by atoms with Crippen molar-refractivity contribution in [2.24, 2.45) is 4.99 Å². The predicted octanol–water partition coefficient (Wildman–Crippen LogP) is 11.4. The molecule has 6 aromatic carbocycles. The van der Waals surface area contributed by atoms with E-state index in [4.69, 9.17) is 4.42 Å². The van der Waals surface area contributed by atoms with E-state index in [1.807, 2.05) is 13.0 Å². The largest absolute Gasteiger partial charge is 0.455 e. The monoisotopic (exact) mass is 539 g/mol. The molecule has 0 spiro atoms. The van der Waals surface area contributed by atoms with Crippen LogP contribution in [-0.4, -0.2) is 6.72 Å². The van der Waals surface area contributed by atoms with Crippen molar-refractivity contribution in [3.8, 4) is 22.3 Å². The second kappa shape index (κ2) is 10.8. The van der Waals surface area contributed by atoms with E-state index in [-0.39, 0.29) is 0 Å². The molecule has 0 aliphatic heterocycles. The van der Waals surface area contributed by atoms with Gasteiger partial charge in [-0.3, -0.25) is 4.99 Å². The molecule has 7 aromatic rings. The minimum atomic E-state index is 0.902. The number of furan rings is 1. The number of benzene rings is 6. The molecule has 0 unspecified atom stereocenters. The third kappa shape index (κ3) is 4.34. The lowest BCUT2D eigenvalue weighted by molar-refractivity contribution is 0.673. The minimum Gasteiger partial charge on any atom is -0.455 e. The zero-order chi connectivity index (χ0) is 28.5. The highest BCUT2D eigenvalue weighted by atomic mass is 16.3. The first-order valence-corrected chi connectivity index (χ1v) is 14.2. The van der Waals surface area contributed by atoms with Crippen LogP contribution in [-0.2, 0) is 0 Å². The van der Waals surface area contributed by atoms with Gasteiger partial charge in [0.25, 0.3) is 0 Å². The van der Waals surface area contributed by atoms with Gasteiger partial charge in [-0.2, -0.15) is 0 Å². The first kappa shape index (κ1) is 25.5. The van der Waals surface area contributed by atoms with Crippen LogP contribution >= 0.6 is 0 Å². The lowest BCUT2D eigenvalue weighted by Gasteiger charge is -2.10. The molecule has 200 valence electrons. The Morgan fingerprint density at radius 1 is 0.667 bits per heavy atom. The molecule has 0 aliphatic carbocycles. The fourth-order valence-corrected chi connectivity index (χ4v) is 6.07. The number of hydrogen-bond donors (Lipinski definition) is 0. The first-order chi connectivity index (χ1) is 20.8. The summed E-state index contributed by atoms with van der Waals surface area (Å²) in [6.45, 7) is 5.56. The summed E-state index contributed by atoms with van der Waals surface area (Å²) in [4.78, 5) is 3.83. The van der Waals surface area contributed by atoms with E-state index in [1.165, 1.54) is 27.1 Å². The summed E-state index contributed by atoms with van der Waals surface area (Å²) in [7, 11) is 0. The molecule has 7 rings (SSSR count). The van der Waals surface area contributed by atoms with Gasteiger partial charge >= 0.3 is 0 Å². The normalized spacial score (nSPS) is 12.5. The molecular formula is C40H29NO. The van der Waals surface area contributed by atoms with Crippen LogP contribution in [0.1, 0.15) is 12.5 Å². The molecule has 1 aromatic heterocycles. The predicted molar refractivity (Wildman–Crippen MR) is 181 cm³/mol. The minimum absolute atomic E-state index is 0.902. The second-order valence-electron chi connectivity index (χ2n) is 10.4. The molecule has 0 saturated heterocycles. The smallest absolute Gasteiger partial charge is 0.143 e. The zero-order valence-corrected chi connectivity index (χ0v) is 23.4. The molecule has 0 bridgehead atoms. The third-order valence-electron chi connectivity index (χ3n) is 7.89. The number of nitrogens with zero attached hydrogens (tertiary/aromatic N) is 1. The lowest BCUT2D eigenvalue weighted by atomic mass is 9.92. The Bertz CT molecular complexity index is 2220. The Kier molecular flexibility index (Phi) is 6.58. The van der Waals surface area contributed by atoms with E-state index < -0.39 is 0 Å². The van der Waals surface area contributed by atoms with Gasteiger partial charge in [0.15, 0.2) is 0 Å². The van der Waals surface area contributed by atoms with Crippen molar-refractivity contribution in [3.05, 3.63) is 151 Å². The Morgan fingerprint density at radius 2 is 1.33 bits per heavy atom. The Morgan fingerprint density at radius 3 is 2.12 bits per heavy atom. The number of rotatable bonds is 6. The quantitative estimate of drug-likeness (QED) is 0.117. The number of hydrogen-bond acceptors (Lipinski definition) is 2. The van der Waals surface area contributed by atoms with Gasteiger partial charge < -0.3 is 4.42 Å². The maximum Gasteiger partial charge on any atom is 0.143 e. The van der Waals surface area contributed by atoms with Gasteiger partial charge in [-0.1, -0.05) is 115 Å². The molecule has 0 radical (unpaired) electrons. The van der Waals surface area contributed by atoms with Crippen LogP contribution in [0.5, 0.6) is 0 Å². The summed E-state index contributed by atoms with van der Waals surface area (Å²) in [5, 5.41) is 7.14. The number of aliphatic imine (C=N–C) groups is 1. The highest BCUT2D eigenvalue weighted by Gasteiger charge is 2.18. The van der Waals surface area contributed by atoms with Crippen LogP contribution in [0, 0.1) is 0 Å². The highest BCUT2D eigenvalue weighted by molar-refractivity contribution is 6.32. The molecule has 1 heterocycles. The molecule has 0 atom stereocenters. The summed E-state index contributed by atoms with van der Waals surface area (Å²) >= 11 is 0. The van der Waals surface area contributed by atoms with E-state index in [1.54, 1.807) is 6.20 Å². The van der Waals surface area contributed by atoms with E-state index in [0.717, 1.165) is 49.8 Å². The van der Waals surface area contributed by atoms with Crippen molar-refractivity contribution >= 4 is 55.8 Å². The van der Waals surface area contributed by atoms with E-state index in [0.29, 0.717) is 0 Å². The van der Waals surface area contributed by atoms with E-state index >= 15 is 0 Å². The molecule has 0 N–H and O–H groups in total. The fourth-order valence-electron chi connectivity index (χ4n) is 6.07. The molecule has 0 aliphatic rings. The van der Waals surface area contributed by atoms with E-state index in [9.17, 15) is 0 Å². The number of fused-ring (bicyclic) bond motifs is 8. The lowest BCUT2D eigenvalue weighted by Crippen LogP contribution is -1.86. The van der Waals surface area contributed by atoms with E-state index in [2.05, 4.69) is 145 Å². The summed E-state index contributed by atoms with van der Waals surface area (Å²) in [5.74, 6) is 0. The van der Waals surface area contributed by atoms with Crippen LogP contribution in [0.15, 0.2) is 155 Å². The standard InChI is InChI=1S/C40H29NO/c1-3-12-27(17-11-24-41-2)28-13-8-14-29(25-28)30-15-9-16-31(26-30)32-22-10-23-37-38(32)39-35-20-6-4-18-33(35)34-19-5-7-21-36(34)40(39)42-37/h3-26H,2H2,1H3/b12-3+,24-11-,27-17+. The molecule has 2 heteroatoms. The summed E-state index contributed by atoms with van der Waals surface area (Å²) in [6, 6.07) is 41.1. The molecule has 2 nitrogen and oxygen atoms in total.